The highest BCUT2D eigenvalue weighted by Crippen LogP contribution is 2.38. The molecule has 1 aliphatic rings. The number of hydrogen-bond acceptors (Lipinski definition) is 8. The second-order valence-corrected chi connectivity index (χ2v) is 7.75. The molecule has 4 rings (SSSR count). The molecule has 1 unspecified atom stereocenters. The van der Waals surface area contributed by atoms with Crippen LogP contribution in [0.3, 0.4) is 0 Å². The molecule has 148 valence electrons. The summed E-state index contributed by atoms with van der Waals surface area (Å²) < 4.78 is 0.831. The van der Waals surface area contributed by atoms with Crippen LogP contribution in [0, 0.1) is 11.3 Å². The highest BCUT2D eigenvalue weighted by molar-refractivity contribution is 7.22. The molecule has 3 aromatic rings. The van der Waals surface area contributed by atoms with Gasteiger partial charge in [0.25, 0.3) is 0 Å². The van der Waals surface area contributed by atoms with Crippen molar-refractivity contribution in [3.8, 4) is 16.6 Å². The molecule has 1 aromatic carbocycles. The topological polar surface area (TPSA) is 106 Å². The number of nitrogens with one attached hydrogen (secondary N) is 2. The Hall–Kier alpha value is -2.70. The van der Waals surface area contributed by atoms with Crippen molar-refractivity contribution in [2.45, 2.75) is 12.6 Å². The lowest BCUT2D eigenvalue weighted by molar-refractivity contribution is 0.191. The summed E-state index contributed by atoms with van der Waals surface area (Å²) in [7, 11) is 0. The second-order valence-electron chi connectivity index (χ2n) is 6.34. The predicted molar refractivity (Wildman–Crippen MR) is 119 cm³/mol. The molecular weight excluding hydrogens is 431 g/mol. The van der Waals surface area contributed by atoms with Crippen LogP contribution in [0.15, 0.2) is 47.4 Å². The molecule has 7 nitrogen and oxygen atoms in total. The highest BCUT2D eigenvalue weighted by Gasteiger charge is 2.25. The number of thiazole rings is 1. The average molecular weight is 447 g/mol. The van der Waals surface area contributed by atoms with Crippen LogP contribution < -0.4 is 10.6 Å². The first-order valence-corrected chi connectivity index (χ1v) is 9.58. The first-order chi connectivity index (χ1) is 13.5. The van der Waals surface area contributed by atoms with Crippen LogP contribution in [0.2, 0.25) is 5.02 Å². The molecule has 3 heterocycles. The number of aliphatic imine (C=N–C) groups is 1. The molecule has 0 bridgehead atoms. The van der Waals surface area contributed by atoms with E-state index >= 15 is 0 Å². The average Bonchev–Trinajstić information content (AvgIpc) is 3.12. The third kappa shape index (κ3) is 4.04. The Bertz CT molecular complexity index is 1170. The largest absolute Gasteiger partial charge is 0.392 e. The lowest BCUT2D eigenvalue weighted by atomic mass is 10.1. The van der Waals surface area contributed by atoms with E-state index in [0.29, 0.717) is 32.8 Å². The number of rotatable bonds is 4. The summed E-state index contributed by atoms with van der Waals surface area (Å²) in [4.78, 5) is 13.3. The van der Waals surface area contributed by atoms with Gasteiger partial charge in [-0.15, -0.1) is 23.7 Å². The zero-order valence-electron chi connectivity index (χ0n) is 15.2. The second kappa shape index (κ2) is 8.35. The van der Waals surface area contributed by atoms with E-state index in [0.717, 1.165) is 10.2 Å². The number of nitriles is 1. The SMILES string of the molecule is CC1(CO)N=CC=C(Nc2nccc3nc(-c4c(Cl)cccc4C#N)sc23)N1.Cl. The van der Waals surface area contributed by atoms with Crippen LogP contribution in [-0.2, 0) is 0 Å². The number of halogens is 2. The number of aliphatic hydroxyl groups excluding tert-OH is 1. The molecule has 0 saturated heterocycles. The number of aliphatic hydroxyl groups is 1. The molecule has 0 spiro atoms. The van der Waals surface area contributed by atoms with Crippen LogP contribution in [-0.4, -0.2) is 33.6 Å². The summed E-state index contributed by atoms with van der Waals surface area (Å²) in [6.07, 6.45) is 5.06. The van der Waals surface area contributed by atoms with Gasteiger partial charge in [-0.1, -0.05) is 17.7 Å². The maximum atomic E-state index is 9.52. The Kier molecular flexibility index (Phi) is 6.05. The van der Waals surface area contributed by atoms with Gasteiger partial charge in [0, 0.05) is 18.0 Å². The van der Waals surface area contributed by atoms with Gasteiger partial charge in [-0.3, -0.25) is 4.99 Å². The standard InChI is InChI=1S/C19H15ClN6OS.ClH/c1-19(10-27)23-8-6-14(26-19)25-17-16-13(5-7-22-17)24-18(28-16)15-11(9-21)3-2-4-12(15)20;/h2-8,26-27H,10H2,1H3,(H,22,25);1H. The number of aromatic nitrogens is 2. The van der Waals surface area contributed by atoms with Gasteiger partial charge in [0.2, 0.25) is 0 Å². The lowest BCUT2D eigenvalue weighted by Gasteiger charge is -2.29. The number of hydrogen-bond donors (Lipinski definition) is 3. The maximum absolute atomic E-state index is 9.52. The van der Waals surface area contributed by atoms with Gasteiger partial charge in [-0.25, -0.2) is 9.97 Å². The molecule has 2 aromatic heterocycles. The number of nitrogens with zero attached hydrogens (tertiary/aromatic N) is 4. The van der Waals surface area contributed by atoms with Gasteiger partial charge < -0.3 is 15.7 Å². The van der Waals surface area contributed by atoms with Crippen molar-refractivity contribution >= 4 is 57.6 Å². The van der Waals surface area contributed by atoms with E-state index in [4.69, 9.17) is 11.6 Å². The molecule has 0 radical (unpaired) electrons. The zero-order chi connectivity index (χ0) is 19.7. The number of benzene rings is 1. The Labute approximate surface area is 182 Å². The molecule has 10 heteroatoms. The fraction of sp³-hybridized carbons (Fsp3) is 0.158. The van der Waals surface area contributed by atoms with Crippen LogP contribution in [0.25, 0.3) is 20.8 Å². The Balaban J connectivity index is 0.00000240. The third-order valence-corrected chi connectivity index (χ3v) is 5.63. The van der Waals surface area contributed by atoms with Crippen LogP contribution in [0.5, 0.6) is 0 Å². The molecule has 0 amide bonds. The predicted octanol–water partition coefficient (Wildman–Crippen LogP) is 3.94. The summed E-state index contributed by atoms with van der Waals surface area (Å²) in [5.41, 5.74) is 1.05. The van der Waals surface area contributed by atoms with E-state index in [1.54, 1.807) is 43.6 Å². The molecule has 0 fully saturated rings. The fourth-order valence-corrected chi connectivity index (χ4v) is 4.21. The first kappa shape index (κ1) is 21.0. The molecular formula is C19H16Cl2N6OS. The normalized spacial score (nSPS) is 17.8. The summed E-state index contributed by atoms with van der Waals surface area (Å²) in [6, 6.07) is 9.18. The van der Waals surface area contributed by atoms with E-state index < -0.39 is 5.66 Å². The van der Waals surface area contributed by atoms with Crippen molar-refractivity contribution in [2.24, 2.45) is 4.99 Å². The monoisotopic (exact) mass is 446 g/mol. The minimum atomic E-state index is -0.789. The van der Waals surface area contributed by atoms with Gasteiger partial charge in [0.15, 0.2) is 11.5 Å². The Morgan fingerprint density at radius 1 is 1.38 bits per heavy atom. The molecule has 0 aliphatic carbocycles. The summed E-state index contributed by atoms with van der Waals surface area (Å²) >= 11 is 7.75. The van der Waals surface area contributed by atoms with Crippen LogP contribution in [0.4, 0.5) is 5.82 Å². The minimum absolute atomic E-state index is 0. The highest BCUT2D eigenvalue weighted by atomic mass is 35.5. The van der Waals surface area contributed by atoms with Gasteiger partial charge in [-0.05, 0) is 31.2 Å². The quantitative estimate of drug-likeness (QED) is 0.560. The van der Waals surface area contributed by atoms with Gasteiger partial charge >= 0.3 is 0 Å². The zero-order valence-corrected chi connectivity index (χ0v) is 17.6. The van der Waals surface area contributed by atoms with E-state index in [1.165, 1.54) is 11.3 Å². The fourth-order valence-electron chi connectivity index (χ4n) is 2.81. The number of pyridine rings is 1. The number of fused-ring (bicyclic) bond motifs is 1. The van der Waals surface area contributed by atoms with Crippen molar-refractivity contribution in [1.82, 2.24) is 15.3 Å². The van der Waals surface area contributed by atoms with Crippen molar-refractivity contribution < 1.29 is 5.11 Å². The van der Waals surface area contributed by atoms with Gasteiger partial charge in [0.05, 0.1) is 33.5 Å². The van der Waals surface area contributed by atoms with E-state index in [1.807, 2.05) is 6.07 Å². The van der Waals surface area contributed by atoms with E-state index in [-0.39, 0.29) is 19.0 Å². The van der Waals surface area contributed by atoms with Crippen molar-refractivity contribution in [3.63, 3.8) is 0 Å². The van der Waals surface area contributed by atoms with E-state index in [2.05, 4.69) is 31.7 Å². The summed E-state index contributed by atoms with van der Waals surface area (Å²) in [5, 5.41) is 26.4. The molecule has 29 heavy (non-hydrogen) atoms. The van der Waals surface area contributed by atoms with Crippen LogP contribution in [0.1, 0.15) is 12.5 Å². The minimum Gasteiger partial charge on any atom is -0.392 e. The van der Waals surface area contributed by atoms with Crippen molar-refractivity contribution in [1.29, 1.82) is 5.26 Å². The molecule has 3 N–H and O–H groups in total. The van der Waals surface area contributed by atoms with Gasteiger partial charge in [0.1, 0.15) is 10.8 Å². The smallest absolute Gasteiger partial charge is 0.151 e. The third-order valence-electron chi connectivity index (χ3n) is 4.22. The summed E-state index contributed by atoms with van der Waals surface area (Å²) in [5.74, 6) is 1.28. The van der Waals surface area contributed by atoms with Crippen LogP contribution >= 0.6 is 35.3 Å². The van der Waals surface area contributed by atoms with Crippen molar-refractivity contribution in [2.75, 3.05) is 11.9 Å². The van der Waals surface area contributed by atoms with Gasteiger partial charge in [-0.2, -0.15) is 5.26 Å². The van der Waals surface area contributed by atoms with E-state index in [9.17, 15) is 10.4 Å². The first-order valence-electron chi connectivity index (χ1n) is 8.39. The molecule has 0 saturated carbocycles. The summed E-state index contributed by atoms with van der Waals surface area (Å²) in [6.45, 7) is 1.64. The van der Waals surface area contributed by atoms with Crippen molar-refractivity contribution in [3.05, 3.63) is 52.9 Å². The molecule has 1 atom stereocenters. The Morgan fingerprint density at radius 2 is 2.21 bits per heavy atom. The number of allylic oxidation sites excluding steroid dienone is 1. The number of anilines is 1. The molecule has 1 aliphatic heterocycles. The lowest BCUT2D eigenvalue weighted by Crippen LogP contribution is -2.46. The Morgan fingerprint density at radius 3 is 2.97 bits per heavy atom. The maximum Gasteiger partial charge on any atom is 0.151 e.